The summed E-state index contributed by atoms with van der Waals surface area (Å²) in [6, 6.07) is 0.675. The van der Waals surface area contributed by atoms with Gasteiger partial charge in [-0.2, -0.15) is 0 Å². The van der Waals surface area contributed by atoms with Crippen LogP contribution in [0.15, 0.2) is 0 Å². The molecule has 90 valence electrons. The third-order valence-corrected chi connectivity index (χ3v) is 3.18. The fourth-order valence-electron chi connectivity index (χ4n) is 2.09. The summed E-state index contributed by atoms with van der Waals surface area (Å²) in [4.78, 5) is 0. The SMILES string of the molecule is CC(C)NCC(C)(O)C1CCCCCN1. The van der Waals surface area contributed by atoms with Gasteiger partial charge < -0.3 is 15.7 Å². The van der Waals surface area contributed by atoms with Crippen molar-refractivity contribution in [1.82, 2.24) is 10.6 Å². The molecule has 1 heterocycles. The largest absolute Gasteiger partial charge is 0.387 e. The summed E-state index contributed by atoms with van der Waals surface area (Å²) >= 11 is 0. The molecule has 0 saturated carbocycles. The van der Waals surface area contributed by atoms with Gasteiger partial charge in [0.15, 0.2) is 0 Å². The Morgan fingerprint density at radius 3 is 2.80 bits per heavy atom. The van der Waals surface area contributed by atoms with Gasteiger partial charge >= 0.3 is 0 Å². The monoisotopic (exact) mass is 214 g/mol. The molecule has 2 unspecified atom stereocenters. The van der Waals surface area contributed by atoms with Crippen molar-refractivity contribution in [3.63, 3.8) is 0 Å². The minimum Gasteiger partial charge on any atom is -0.387 e. The molecule has 2 atom stereocenters. The van der Waals surface area contributed by atoms with E-state index in [0.717, 1.165) is 13.0 Å². The molecule has 0 spiro atoms. The van der Waals surface area contributed by atoms with Crippen molar-refractivity contribution in [2.75, 3.05) is 13.1 Å². The molecular formula is C12H26N2O. The minimum atomic E-state index is -0.630. The smallest absolute Gasteiger partial charge is 0.0895 e. The Morgan fingerprint density at radius 1 is 1.40 bits per heavy atom. The molecule has 0 aromatic carbocycles. The van der Waals surface area contributed by atoms with Gasteiger partial charge in [-0.05, 0) is 26.3 Å². The van der Waals surface area contributed by atoms with E-state index < -0.39 is 5.60 Å². The summed E-state index contributed by atoms with van der Waals surface area (Å²) in [5.41, 5.74) is -0.630. The van der Waals surface area contributed by atoms with Crippen molar-refractivity contribution in [3.05, 3.63) is 0 Å². The van der Waals surface area contributed by atoms with Crippen molar-refractivity contribution < 1.29 is 5.11 Å². The van der Waals surface area contributed by atoms with Crippen LogP contribution in [0, 0.1) is 0 Å². The van der Waals surface area contributed by atoms with Crippen LogP contribution in [0.2, 0.25) is 0 Å². The zero-order chi connectivity index (χ0) is 11.3. The predicted octanol–water partition coefficient (Wildman–Crippen LogP) is 1.27. The summed E-state index contributed by atoms with van der Waals surface area (Å²) < 4.78 is 0. The molecule has 1 aliphatic rings. The van der Waals surface area contributed by atoms with E-state index in [4.69, 9.17) is 0 Å². The molecule has 0 aliphatic carbocycles. The predicted molar refractivity (Wildman–Crippen MR) is 64.0 cm³/mol. The molecule has 1 fully saturated rings. The number of rotatable bonds is 4. The van der Waals surface area contributed by atoms with E-state index in [-0.39, 0.29) is 6.04 Å². The Bertz CT molecular complexity index is 172. The van der Waals surface area contributed by atoms with Gasteiger partial charge in [-0.1, -0.05) is 26.7 Å². The van der Waals surface area contributed by atoms with Gasteiger partial charge in [-0.3, -0.25) is 0 Å². The van der Waals surface area contributed by atoms with Crippen LogP contribution in [0.3, 0.4) is 0 Å². The quantitative estimate of drug-likeness (QED) is 0.660. The highest BCUT2D eigenvalue weighted by Gasteiger charge is 2.31. The lowest BCUT2D eigenvalue weighted by molar-refractivity contribution is 0.0168. The Morgan fingerprint density at radius 2 is 2.13 bits per heavy atom. The molecular weight excluding hydrogens is 188 g/mol. The van der Waals surface area contributed by atoms with Gasteiger partial charge in [0, 0.05) is 18.6 Å². The zero-order valence-electron chi connectivity index (χ0n) is 10.3. The van der Waals surface area contributed by atoms with Crippen LogP contribution in [0.5, 0.6) is 0 Å². The van der Waals surface area contributed by atoms with E-state index in [0.29, 0.717) is 12.6 Å². The molecule has 0 radical (unpaired) electrons. The van der Waals surface area contributed by atoms with E-state index in [1.807, 2.05) is 6.92 Å². The van der Waals surface area contributed by atoms with Crippen LogP contribution in [0.4, 0.5) is 0 Å². The first kappa shape index (κ1) is 12.9. The number of hydrogen-bond acceptors (Lipinski definition) is 3. The summed E-state index contributed by atoms with van der Waals surface area (Å²) in [5.74, 6) is 0. The van der Waals surface area contributed by atoms with Crippen molar-refractivity contribution >= 4 is 0 Å². The fraction of sp³-hybridized carbons (Fsp3) is 1.00. The van der Waals surface area contributed by atoms with Gasteiger partial charge in [0.05, 0.1) is 5.60 Å². The maximum absolute atomic E-state index is 10.4. The normalized spacial score (nSPS) is 27.4. The average molecular weight is 214 g/mol. The lowest BCUT2D eigenvalue weighted by atomic mass is 9.92. The van der Waals surface area contributed by atoms with E-state index in [9.17, 15) is 5.11 Å². The Kier molecular flexibility index (Phi) is 5.03. The van der Waals surface area contributed by atoms with Crippen molar-refractivity contribution in [2.45, 2.75) is 64.1 Å². The first-order chi connectivity index (χ1) is 7.02. The van der Waals surface area contributed by atoms with E-state index >= 15 is 0 Å². The third-order valence-electron chi connectivity index (χ3n) is 3.18. The lowest BCUT2D eigenvalue weighted by Gasteiger charge is -2.33. The Hall–Kier alpha value is -0.120. The molecule has 1 saturated heterocycles. The van der Waals surface area contributed by atoms with Gasteiger partial charge in [-0.15, -0.1) is 0 Å². The highest BCUT2D eigenvalue weighted by Crippen LogP contribution is 2.18. The molecule has 0 amide bonds. The molecule has 0 aromatic rings. The Balaban J connectivity index is 2.42. The van der Waals surface area contributed by atoms with Crippen molar-refractivity contribution in [1.29, 1.82) is 0 Å². The van der Waals surface area contributed by atoms with E-state index in [1.54, 1.807) is 0 Å². The van der Waals surface area contributed by atoms with E-state index in [2.05, 4.69) is 24.5 Å². The first-order valence-corrected chi connectivity index (χ1v) is 6.21. The number of nitrogens with one attached hydrogen (secondary N) is 2. The third kappa shape index (κ3) is 4.49. The summed E-state index contributed by atoms with van der Waals surface area (Å²) in [6.45, 7) is 7.86. The highest BCUT2D eigenvalue weighted by molar-refractivity contribution is 4.91. The second kappa shape index (κ2) is 5.83. The van der Waals surface area contributed by atoms with Gasteiger partial charge in [0.1, 0.15) is 0 Å². The van der Waals surface area contributed by atoms with Crippen LogP contribution >= 0.6 is 0 Å². The lowest BCUT2D eigenvalue weighted by Crippen LogP contribution is -2.54. The summed E-state index contributed by atoms with van der Waals surface area (Å²) in [5, 5.41) is 17.2. The molecule has 3 nitrogen and oxygen atoms in total. The van der Waals surface area contributed by atoms with E-state index in [1.165, 1.54) is 19.3 Å². The molecule has 0 bridgehead atoms. The Labute approximate surface area is 93.6 Å². The summed E-state index contributed by atoms with van der Waals surface area (Å²) in [6.07, 6.45) is 4.85. The standard InChI is InChI=1S/C12H26N2O/c1-10(2)14-9-12(3,15)11-7-5-4-6-8-13-11/h10-11,13-15H,4-9H2,1-3H3. The molecule has 15 heavy (non-hydrogen) atoms. The molecule has 1 rings (SSSR count). The van der Waals surface area contributed by atoms with Crippen LogP contribution < -0.4 is 10.6 Å². The van der Waals surface area contributed by atoms with Crippen LogP contribution in [-0.2, 0) is 0 Å². The molecule has 3 N–H and O–H groups in total. The second-order valence-corrected chi connectivity index (χ2v) is 5.25. The molecule has 1 aliphatic heterocycles. The van der Waals surface area contributed by atoms with Crippen LogP contribution in [0.1, 0.15) is 46.5 Å². The minimum absolute atomic E-state index is 0.242. The summed E-state index contributed by atoms with van der Waals surface area (Å²) in [7, 11) is 0. The average Bonchev–Trinajstić information content (AvgIpc) is 2.43. The van der Waals surface area contributed by atoms with Crippen LogP contribution in [0.25, 0.3) is 0 Å². The van der Waals surface area contributed by atoms with Crippen LogP contribution in [-0.4, -0.2) is 35.9 Å². The number of aliphatic hydroxyl groups is 1. The van der Waals surface area contributed by atoms with Gasteiger partial charge in [-0.25, -0.2) is 0 Å². The zero-order valence-corrected chi connectivity index (χ0v) is 10.3. The molecule has 3 heteroatoms. The maximum atomic E-state index is 10.4. The first-order valence-electron chi connectivity index (χ1n) is 6.21. The van der Waals surface area contributed by atoms with Gasteiger partial charge in [0.25, 0.3) is 0 Å². The van der Waals surface area contributed by atoms with Gasteiger partial charge in [0.2, 0.25) is 0 Å². The molecule has 0 aromatic heterocycles. The second-order valence-electron chi connectivity index (χ2n) is 5.25. The van der Waals surface area contributed by atoms with Crippen molar-refractivity contribution in [3.8, 4) is 0 Å². The highest BCUT2D eigenvalue weighted by atomic mass is 16.3. The maximum Gasteiger partial charge on any atom is 0.0895 e. The fourth-order valence-corrected chi connectivity index (χ4v) is 2.09. The number of hydrogen-bond donors (Lipinski definition) is 3. The topological polar surface area (TPSA) is 44.3 Å². The van der Waals surface area contributed by atoms with Crippen molar-refractivity contribution in [2.24, 2.45) is 0 Å².